The fraction of sp³-hybridized carbons (Fsp3) is 0.412. The highest BCUT2D eigenvalue weighted by Crippen LogP contribution is 2.11. The Morgan fingerprint density at radius 3 is 2.62 bits per heavy atom. The van der Waals surface area contributed by atoms with Gasteiger partial charge in [-0.1, -0.05) is 6.92 Å². The third-order valence-electron chi connectivity index (χ3n) is 4.04. The summed E-state index contributed by atoms with van der Waals surface area (Å²) in [4.78, 5) is 44.0. The summed E-state index contributed by atoms with van der Waals surface area (Å²) in [5.41, 5.74) is 0.362. The first kappa shape index (κ1) is 17.7. The van der Waals surface area contributed by atoms with Crippen molar-refractivity contribution in [3.05, 3.63) is 62.7 Å². The number of amides is 1. The largest absolute Gasteiger partial charge is 0.334 e. The van der Waals surface area contributed by atoms with Crippen molar-refractivity contribution in [3.63, 3.8) is 0 Å². The van der Waals surface area contributed by atoms with Crippen LogP contribution in [0.25, 0.3) is 0 Å². The molecule has 1 amide bonds. The molecule has 7 nitrogen and oxygen atoms in total. The Hall–Kier alpha value is -2.70. The van der Waals surface area contributed by atoms with E-state index in [9.17, 15) is 14.4 Å². The fourth-order valence-corrected chi connectivity index (χ4v) is 2.37. The highest BCUT2D eigenvalue weighted by molar-refractivity contribution is 5.76. The third-order valence-corrected chi connectivity index (χ3v) is 4.04. The zero-order chi connectivity index (χ0) is 17.7. The topological polar surface area (TPSA) is 88.1 Å². The second kappa shape index (κ2) is 7.72. The fourth-order valence-electron chi connectivity index (χ4n) is 2.37. The van der Waals surface area contributed by atoms with Crippen molar-refractivity contribution in [1.29, 1.82) is 0 Å². The second-order valence-electron chi connectivity index (χ2n) is 5.83. The van der Waals surface area contributed by atoms with E-state index in [0.29, 0.717) is 12.1 Å². The number of carbonyl (C=O) groups excluding carboxylic acids is 1. The highest BCUT2D eigenvalue weighted by atomic mass is 16.2. The Labute approximate surface area is 140 Å². The van der Waals surface area contributed by atoms with Gasteiger partial charge in [0.05, 0.1) is 0 Å². The summed E-state index contributed by atoms with van der Waals surface area (Å²) < 4.78 is 1.24. The van der Waals surface area contributed by atoms with Gasteiger partial charge in [-0.25, -0.2) is 4.79 Å². The molecule has 2 heterocycles. The lowest BCUT2D eigenvalue weighted by Crippen LogP contribution is -2.42. The molecule has 0 aliphatic carbocycles. The molecule has 0 unspecified atom stereocenters. The molecule has 2 aromatic heterocycles. The number of hydrogen-bond acceptors (Lipinski definition) is 4. The van der Waals surface area contributed by atoms with E-state index in [1.54, 1.807) is 24.2 Å². The van der Waals surface area contributed by atoms with Crippen LogP contribution in [-0.2, 0) is 17.9 Å². The van der Waals surface area contributed by atoms with E-state index >= 15 is 0 Å². The van der Waals surface area contributed by atoms with Crippen molar-refractivity contribution >= 4 is 5.91 Å². The quantitative estimate of drug-likeness (QED) is 0.858. The summed E-state index contributed by atoms with van der Waals surface area (Å²) in [5, 5.41) is 0. The van der Waals surface area contributed by atoms with Crippen LogP contribution < -0.4 is 11.2 Å². The molecule has 0 spiro atoms. The Morgan fingerprint density at radius 1 is 1.33 bits per heavy atom. The van der Waals surface area contributed by atoms with Crippen molar-refractivity contribution in [3.8, 4) is 0 Å². The number of aryl methyl sites for hydroxylation is 1. The molecule has 1 N–H and O–H groups in total. The third kappa shape index (κ3) is 4.18. The van der Waals surface area contributed by atoms with Crippen molar-refractivity contribution in [2.45, 2.75) is 46.3 Å². The van der Waals surface area contributed by atoms with E-state index in [1.165, 1.54) is 10.8 Å². The van der Waals surface area contributed by atoms with E-state index in [4.69, 9.17) is 0 Å². The van der Waals surface area contributed by atoms with Crippen molar-refractivity contribution in [1.82, 2.24) is 19.4 Å². The van der Waals surface area contributed by atoms with E-state index in [-0.39, 0.29) is 18.5 Å². The van der Waals surface area contributed by atoms with Gasteiger partial charge < -0.3 is 4.90 Å². The molecule has 0 fully saturated rings. The number of aromatic amines is 1. The van der Waals surface area contributed by atoms with Crippen LogP contribution in [-0.4, -0.2) is 31.4 Å². The summed E-state index contributed by atoms with van der Waals surface area (Å²) in [5.74, 6) is -0.172. The highest BCUT2D eigenvalue weighted by Gasteiger charge is 2.20. The first-order chi connectivity index (χ1) is 11.4. The molecule has 7 heteroatoms. The molecule has 0 saturated carbocycles. The SMILES string of the molecule is CC[C@@H](C)N(Cc1ccncc1)C(=O)Cn1cc(C)c(=O)[nH]c1=O. The molecule has 0 saturated heterocycles. The van der Waals surface area contributed by atoms with Gasteiger partial charge in [0.25, 0.3) is 5.56 Å². The lowest BCUT2D eigenvalue weighted by Gasteiger charge is -2.29. The molecule has 128 valence electrons. The van der Waals surface area contributed by atoms with E-state index < -0.39 is 11.2 Å². The van der Waals surface area contributed by atoms with Gasteiger partial charge in [-0.2, -0.15) is 0 Å². The van der Waals surface area contributed by atoms with E-state index in [0.717, 1.165) is 12.0 Å². The average molecular weight is 330 g/mol. The number of H-pyrrole nitrogens is 1. The molecule has 0 aromatic carbocycles. The number of nitrogens with one attached hydrogen (secondary N) is 1. The molecule has 0 aliphatic heterocycles. The van der Waals surface area contributed by atoms with E-state index in [2.05, 4.69) is 9.97 Å². The minimum absolute atomic E-state index is 0.0326. The average Bonchev–Trinajstić information content (AvgIpc) is 2.57. The molecule has 1 atom stereocenters. The van der Waals surface area contributed by atoms with Crippen LogP contribution >= 0.6 is 0 Å². The van der Waals surface area contributed by atoms with Crippen LogP contribution in [0.1, 0.15) is 31.4 Å². The first-order valence-electron chi connectivity index (χ1n) is 7.91. The summed E-state index contributed by atoms with van der Waals surface area (Å²) in [6.07, 6.45) is 5.59. The predicted molar refractivity (Wildman–Crippen MR) is 90.6 cm³/mol. The van der Waals surface area contributed by atoms with Crippen LogP contribution in [0.3, 0.4) is 0 Å². The number of hydrogen-bond donors (Lipinski definition) is 1. The van der Waals surface area contributed by atoms with Crippen LogP contribution in [0.15, 0.2) is 40.3 Å². The first-order valence-corrected chi connectivity index (χ1v) is 7.91. The van der Waals surface area contributed by atoms with Gasteiger partial charge in [-0.05, 0) is 38.0 Å². The lowest BCUT2D eigenvalue weighted by atomic mass is 10.1. The molecule has 2 rings (SSSR count). The number of nitrogens with zero attached hydrogens (tertiary/aromatic N) is 3. The van der Waals surface area contributed by atoms with Crippen molar-refractivity contribution < 1.29 is 4.79 Å². The monoisotopic (exact) mass is 330 g/mol. The Morgan fingerprint density at radius 2 is 2.00 bits per heavy atom. The smallest absolute Gasteiger partial charge is 0.328 e. The van der Waals surface area contributed by atoms with E-state index in [1.807, 2.05) is 26.0 Å². The molecule has 0 radical (unpaired) electrons. The van der Waals surface area contributed by atoms with Crippen molar-refractivity contribution in [2.75, 3.05) is 0 Å². The van der Waals surface area contributed by atoms with Gasteiger partial charge >= 0.3 is 5.69 Å². The normalized spacial score (nSPS) is 12.0. The van der Waals surface area contributed by atoms with Crippen LogP contribution in [0.5, 0.6) is 0 Å². The van der Waals surface area contributed by atoms with Gasteiger partial charge in [-0.15, -0.1) is 0 Å². The molecule has 24 heavy (non-hydrogen) atoms. The van der Waals surface area contributed by atoms with Gasteiger partial charge in [0, 0.05) is 36.7 Å². The van der Waals surface area contributed by atoms with Crippen LogP contribution in [0.4, 0.5) is 0 Å². The van der Waals surface area contributed by atoms with Gasteiger partial charge in [0.1, 0.15) is 6.54 Å². The summed E-state index contributed by atoms with van der Waals surface area (Å²) >= 11 is 0. The Bertz CT molecular complexity index is 811. The van der Waals surface area contributed by atoms with Gasteiger partial charge in [0.15, 0.2) is 0 Å². The zero-order valence-corrected chi connectivity index (χ0v) is 14.2. The van der Waals surface area contributed by atoms with Gasteiger partial charge in [-0.3, -0.25) is 24.1 Å². The maximum atomic E-state index is 12.7. The van der Waals surface area contributed by atoms with Crippen LogP contribution in [0.2, 0.25) is 0 Å². The lowest BCUT2D eigenvalue weighted by molar-refractivity contribution is -0.134. The predicted octanol–water partition coefficient (Wildman–Crippen LogP) is 1.07. The standard InChI is InChI=1S/C17H22N4O3/c1-4-13(3)21(10-14-5-7-18-8-6-14)15(22)11-20-9-12(2)16(23)19-17(20)24/h5-9,13H,4,10-11H2,1-3H3,(H,19,23,24)/t13-/m1/s1. The summed E-state index contributed by atoms with van der Waals surface area (Å²) in [7, 11) is 0. The Balaban J connectivity index is 2.24. The molecular formula is C17H22N4O3. The number of rotatable bonds is 6. The van der Waals surface area contributed by atoms with Gasteiger partial charge in [0.2, 0.25) is 5.91 Å². The summed E-state index contributed by atoms with van der Waals surface area (Å²) in [6.45, 7) is 5.93. The second-order valence-corrected chi connectivity index (χ2v) is 5.83. The Kier molecular flexibility index (Phi) is 5.68. The zero-order valence-electron chi connectivity index (χ0n) is 14.2. The number of aromatic nitrogens is 3. The maximum absolute atomic E-state index is 12.7. The minimum Gasteiger partial charge on any atom is -0.334 e. The maximum Gasteiger partial charge on any atom is 0.328 e. The molecule has 2 aromatic rings. The number of carbonyl (C=O) groups is 1. The molecule has 0 aliphatic rings. The number of pyridine rings is 1. The van der Waals surface area contributed by atoms with Crippen molar-refractivity contribution in [2.24, 2.45) is 0 Å². The molecule has 0 bridgehead atoms. The summed E-state index contributed by atoms with van der Waals surface area (Å²) in [6, 6.07) is 3.75. The van der Waals surface area contributed by atoms with Crippen LogP contribution in [0, 0.1) is 6.92 Å². The molecular weight excluding hydrogens is 308 g/mol. The minimum atomic E-state index is -0.577.